The van der Waals surface area contributed by atoms with E-state index < -0.39 is 10.0 Å². The smallest absolute Gasteiger partial charge is 0.257 e. The number of aryl methyl sites for hydroxylation is 2. The topological polar surface area (TPSA) is 104 Å². The Morgan fingerprint density at radius 3 is 2.72 bits per heavy atom. The number of hydrogen-bond donors (Lipinski definition) is 2. The summed E-state index contributed by atoms with van der Waals surface area (Å²) in [5.41, 5.74) is 2.45. The summed E-state index contributed by atoms with van der Waals surface area (Å²) in [6, 6.07) is 2.09. The quantitative estimate of drug-likeness (QED) is 0.842. The molecule has 1 fully saturated rings. The largest absolute Gasteiger partial charge is 0.355 e. The van der Waals surface area contributed by atoms with Crippen molar-refractivity contribution in [2.45, 2.75) is 49.6 Å². The molecule has 2 aromatic rings. The van der Waals surface area contributed by atoms with Crippen molar-refractivity contribution in [1.82, 2.24) is 24.9 Å². The summed E-state index contributed by atoms with van der Waals surface area (Å²) in [4.78, 5) is 8.61. The summed E-state index contributed by atoms with van der Waals surface area (Å²) in [5.74, 6) is 0.913. The van der Waals surface area contributed by atoms with Gasteiger partial charge in [0.1, 0.15) is 0 Å². The van der Waals surface area contributed by atoms with Crippen LogP contribution in [0.3, 0.4) is 0 Å². The maximum absolute atomic E-state index is 12.3. The second-order valence-electron chi connectivity index (χ2n) is 6.68. The van der Waals surface area contributed by atoms with E-state index in [1.165, 1.54) is 30.9 Å². The molecule has 0 saturated carbocycles. The standard InChI is InChI=1S/C16H22N6O2S/c23-25(24,16-10-17-11-18-16)21-13-5-7-22(8-6-13)15-9-12-3-1-2-4-14(12)19-20-15/h9-11,13,21H,1-8H2,(H,17,18). The summed E-state index contributed by atoms with van der Waals surface area (Å²) >= 11 is 0. The average Bonchev–Trinajstić information content (AvgIpc) is 3.17. The molecule has 0 bridgehead atoms. The molecule has 8 nitrogen and oxygen atoms in total. The molecule has 2 aromatic heterocycles. The van der Waals surface area contributed by atoms with E-state index in [0.29, 0.717) is 0 Å². The third-order valence-electron chi connectivity index (χ3n) is 4.96. The molecule has 0 amide bonds. The fraction of sp³-hybridized carbons (Fsp3) is 0.562. The summed E-state index contributed by atoms with van der Waals surface area (Å²) in [5, 5.41) is 8.88. The minimum atomic E-state index is -3.53. The van der Waals surface area contributed by atoms with Crippen LogP contribution in [-0.4, -0.2) is 47.7 Å². The first-order valence-electron chi connectivity index (χ1n) is 8.73. The molecule has 9 heteroatoms. The van der Waals surface area contributed by atoms with Crippen molar-refractivity contribution in [2.24, 2.45) is 0 Å². The van der Waals surface area contributed by atoms with E-state index in [-0.39, 0.29) is 11.1 Å². The SMILES string of the molecule is O=S(=O)(NC1CCN(c2cc3c(nn2)CCCC3)CC1)c1cnc[nH]1. The van der Waals surface area contributed by atoms with Gasteiger partial charge in [-0.25, -0.2) is 18.1 Å². The third kappa shape index (κ3) is 3.52. The van der Waals surface area contributed by atoms with Gasteiger partial charge in [0.05, 0.1) is 18.2 Å². The first kappa shape index (κ1) is 16.5. The Morgan fingerprint density at radius 1 is 1.16 bits per heavy atom. The number of H-pyrrole nitrogens is 1. The Hall–Kier alpha value is -2.00. The number of anilines is 1. The van der Waals surface area contributed by atoms with Gasteiger partial charge in [-0.2, -0.15) is 5.10 Å². The molecule has 1 aliphatic carbocycles. The lowest BCUT2D eigenvalue weighted by Gasteiger charge is -2.33. The van der Waals surface area contributed by atoms with Crippen LogP contribution in [-0.2, 0) is 22.9 Å². The first-order valence-corrected chi connectivity index (χ1v) is 10.2. The number of sulfonamides is 1. The van der Waals surface area contributed by atoms with Crippen LogP contribution in [0.1, 0.15) is 36.9 Å². The lowest BCUT2D eigenvalue weighted by Crippen LogP contribution is -2.45. The van der Waals surface area contributed by atoms with Crippen LogP contribution in [0.4, 0.5) is 5.82 Å². The summed E-state index contributed by atoms with van der Waals surface area (Å²) in [7, 11) is -3.53. The van der Waals surface area contributed by atoms with Crippen molar-refractivity contribution >= 4 is 15.8 Å². The van der Waals surface area contributed by atoms with E-state index in [4.69, 9.17) is 0 Å². The summed E-state index contributed by atoms with van der Waals surface area (Å²) in [6.07, 6.45) is 8.70. The van der Waals surface area contributed by atoms with Gasteiger partial charge in [-0.1, -0.05) is 0 Å². The second-order valence-corrected chi connectivity index (χ2v) is 8.36. The number of aromatic amines is 1. The van der Waals surface area contributed by atoms with Gasteiger partial charge in [0, 0.05) is 19.1 Å². The zero-order valence-electron chi connectivity index (χ0n) is 14.0. The van der Waals surface area contributed by atoms with Gasteiger partial charge in [-0.3, -0.25) is 0 Å². The van der Waals surface area contributed by atoms with Crippen LogP contribution < -0.4 is 9.62 Å². The van der Waals surface area contributed by atoms with Crippen molar-refractivity contribution in [3.8, 4) is 0 Å². The van der Waals surface area contributed by atoms with Crippen LogP contribution >= 0.6 is 0 Å². The van der Waals surface area contributed by atoms with Crippen LogP contribution in [0.25, 0.3) is 0 Å². The molecule has 1 aliphatic heterocycles. The van der Waals surface area contributed by atoms with Gasteiger partial charge in [0.25, 0.3) is 10.0 Å². The van der Waals surface area contributed by atoms with Crippen molar-refractivity contribution in [2.75, 3.05) is 18.0 Å². The number of fused-ring (bicyclic) bond motifs is 1. The molecule has 1 saturated heterocycles. The number of hydrogen-bond acceptors (Lipinski definition) is 6. The van der Waals surface area contributed by atoms with Crippen molar-refractivity contribution in [3.05, 3.63) is 29.8 Å². The molecule has 25 heavy (non-hydrogen) atoms. The van der Waals surface area contributed by atoms with Gasteiger partial charge in [0.2, 0.25) is 0 Å². The predicted octanol–water partition coefficient (Wildman–Crippen LogP) is 1.03. The van der Waals surface area contributed by atoms with E-state index in [1.54, 1.807) is 0 Å². The van der Waals surface area contributed by atoms with Crippen LogP contribution in [0, 0.1) is 0 Å². The number of nitrogens with one attached hydrogen (secondary N) is 2. The summed E-state index contributed by atoms with van der Waals surface area (Å²) < 4.78 is 27.3. The minimum Gasteiger partial charge on any atom is -0.355 e. The highest BCUT2D eigenvalue weighted by Crippen LogP contribution is 2.24. The van der Waals surface area contributed by atoms with Gasteiger partial charge in [-0.15, -0.1) is 5.10 Å². The Kier molecular flexibility index (Phi) is 4.43. The molecule has 0 unspecified atom stereocenters. The molecular weight excluding hydrogens is 340 g/mol. The number of aromatic nitrogens is 4. The number of nitrogens with zero attached hydrogens (tertiary/aromatic N) is 4. The molecule has 4 rings (SSSR count). The Balaban J connectivity index is 1.38. The molecule has 0 atom stereocenters. The fourth-order valence-corrected chi connectivity index (χ4v) is 4.74. The molecule has 2 aliphatic rings. The Morgan fingerprint density at radius 2 is 1.96 bits per heavy atom. The van der Waals surface area contributed by atoms with Gasteiger partial charge < -0.3 is 9.88 Å². The maximum Gasteiger partial charge on any atom is 0.257 e. The normalized spacial score (nSPS) is 19.0. The highest BCUT2D eigenvalue weighted by molar-refractivity contribution is 7.89. The van der Waals surface area contributed by atoms with Crippen LogP contribution in [0.15, 0.2) is 23.6 Å². The zero-order chi connectivity index (χ0) is 17.3. The van der Waals surface area contributed by atoms with Crippen LogP contribution in [0.5, 0.6) is 0 Å². The van der Waals surface area contributed by atoms with Gasteiger partial charge in [0.15, 0.2) is 10.8 Å². The van der Waals surface area contributed by atoms with E-state index in [0.717, 1.165) is 50.3 Å². The highest BCUT2D eigenvalue weighted by Gasteiger charge is 2.26. The van der Waals surface area contributed by atoms with E-state index >= 15 is 0 Å². The lowest BCUT2D eigenvalue weighted by molar-refractivity contribution is 0.456. The summed E-state index contributed by atoms with van der Waals surface area (Å²) in [6.45, 7) is 1.53. The number of piperidine rings is 1. The van der Waals surface area contributed by atoms with E-state index in [9.17, 15) is 8.42 Å². The van der Waals surface area contributed by atoms with Crippen molar-refractivity contribution in [3.63, 3.8) is 0 Å². The molecule has 2 N–H and O–H groups in total. The molecule has 0 spiro atoms. The molecular formula is C16H22N6O2S. The number of rotatable bonds is 4. The van der Waals surface area contributed by atoms with Crippen molar-refractivity contribution < 1.29 is 8.42 Å². The monoisotopic (exact) mass is 362 g/mol. The van der Waals surface area contributed by atoms with Crippen molar-refractivity contribution in [1.29, 1.82) is 0 Å². The van der Waals surface area contributed by atoms with Gasteiger partial charge >= 0.3 is 0 Å². The van der Waals surface area contributed by atoms with Gasteiger partial charge in [-0.05, 0) is 50.2 Å². The zero-order valence-corrected chi connectivity index (χ0v) is 14.8. The third-order valence-corrected chi connectivity index (χ3v) is 6.41. The fourth-order valence-electron chi connectivity index (χ4n) is 3.53. The molecule has 0 radical (unpaired) electrons. The minimum absolute atomic E-state index is 0.0739. The number of imidazole rings is 1. The molecule has 3 heterocycles. The van der Waals surface area contributed by atoms with E-state index in [2.05, 4.69) is 35.9 Å². The lowest BCUT2D eigenvalue weighted by atomic mass is 9.96. The Labute approximate surface area is 147 Å². The average molecular weight is 362 g/mol. The highest BCUT2D eigenvalue weighted by atomic mass is 32.2. The molecule has 134 valence electrons. The predicted molar refractivity (Wildman–Crippen MR) is 92.8 cm³/mol. The maximum atomic E-state index is 12.3. The molecule has 0 aromatic carbocycles. The van der Waals surface area contributed by atoms with Crippen LogP contribution in [0.2, 0.25) is 0 Å². The van der Waals surface area contributed by atoms with E-state index in [1.807, 2.05) is 0 Å². The first-order chi connectivity index (χ1) is 12.1. The Bertz CT molecular complexity index is 828. The second kappa shape index (κ2) is 6.72.